The van der Waals surface area contributed by atoms with Crippen LogP contribution in [0.15, 0.2) is 12.4 Å². The second-order valence-corrected chi connectivity index (χ2v) is 9.71. The summed E-state index contributed by atoms with van der Waals surface area (Å²) in [5.41, 5.74) is 2.37. The van der Waals surface area contributed by atoms with Gasteiger partial charge in [0.1, 0.15) is 0 Å². The first-order valence-electron chi connectivity index (χ1n) is 13.4. The number of aromatic hydroxyl groups is 3. The predicted octanol–water partition coefficient (Wildman–Crippen LogP) is 4.65. The lowest BCUT2D eigenvalue weighted by atomic mass is 10.1. The Labute approximate surface area is 238 Å². The van der Waals surface area contributed by atoms with E-state index in [1.165, 1.54) is 44.5 Å². The van der Waals surface area contributed by atoms with Crippen LogP contribution in [0.5, 0.6) is 23.3 Å². The van der Waals surface area contributed by atoms with Crippen molar-refractivity contribution in [1.82, 2.24) is 29.9 Å². The molecule has 12 heteroatoms. The highest BCUT2D eigenvalue weighted by Gasteiger charge is 2.08. The van der Waals surface area contributed by atoms with Crippen molar-refractivity contribution in [3.8, 4) is 23.3 Å². The van der Waals surface area contributed by atoms with Crippen LogP contribution in [0.4, 0.5) is 11.9 Å². The lowest BCUT2D eigenvalue weighted by Gasteiger charge is -2.12. The van der Waals surface area contributed by atoms with Crippen molar-refractivity contribution in [2.75, 3.05) is 44.6 Å². The first-order valence-corrected chi connectivity index (χ1v) is 13.4. The van der Waals surface area contributed by atoms with E-state index in [0.29, 0.717) is 47.3 Å². The van der Waals surface area contributed by atoms with Crippen molar-refractivity contribution >= 4 is 11.9 Å². The lowest BCUT2D eigenvalue weighted by molar-refractivity contribution is 0.278. The van der Waals surface area contributed by atoms with Gasteiger partial charge in [-0.15, -0.1) is 0 Å². The quantitative estimate of drug-likeness (QED) is 0.297. The van der Waals surface area contributed by atoms with Crippen molar-refractivity contribution in [2.24, 2.45) is 0 Å². The van der Waals surface area contributed by atoms with Crippen molar-refractivity contribution in [3.63, 3.8) is 0 Å². The molecular weight excluding hydrogens is 512 g/mol. The Hall–Kier alpha value is -3.96. The molecule has 3 aromatic heterocycles. The maximum absolute atomic E-state index is 9.54. The van der Waals surface area contributed by atoms with E-state index in [0.717, 1.165) is 6.42 Å². The molecule has 0 radical (unpaired) electrons. The summed E-state index contributed by atoms with van der Waals surface area (Å²) in [6.45, 7) is 9.89. The summed E-state index contributed by atoms with van der Waals surface area (Å²) in [6.07, 6.45) is 10.1. The summed E-state index contributed by atoms with van der Waals surface area (Å²) < 4.78 is 5.50. The SMILES string of the molecule is CCCCCCCCOc1nc(C)c(O)c(C)n1.CN(C)c1ncc(O)cn1.Cc1nc(N(C)C)nc(C)c1O. The number of aromatic nitrogens is 6. The maximum atomic E-state index is 9.54. The fourth-order valence-corrected chi connectivity index (χ4v) is 3.23. The number of anilines is 2. The zero-order valence-electron chi connectivity index (χ0n) is 25.4. The maximum Gasteiger partial charge on any atom is 0.317 e. The molecule has 3 rings (SSSR count). The summed E-state index contributed by atoms with van der Waals surface area (Å²) in [6, 6.07) is 0.372. The van der Waals surface area contributed by atoms with Gasteiger partial charge in [-0.3, -0.25) is 0 Å². The van der Waals surface area contributed by atoms with Crippen LogP contribution in [-0.2, 0) is 0 Å². The summed E-state index contributed by atoms with van der Waals surface area (Å²) in [4.78, 5) is 27.6. The Morgan fingerprint density at radius 2 is 1.05 bits per heavy atom. The van der Waals surface area contributed by atoms with Gasteiger partial charge < -0.3 is 29.9 Å². The van der Waals surface area contributed by atoms with Crippen molar-refractivity contribution in [3.05, 3.63) is 35.2 Å². The van der Waals surface area contributed by atoms with E-state index in [4.69, 9.17) is 9.84 Å². The first-order chi connectivity index (χ1) is 18.9. The van der Waals surface area contributed by atoms with Crippen molar-refractivity contribution < 1.29 is 20.1 Å². The van der Waals surface area contributed by atoms with Crippen molar-refractivity contribution in [1.29, 1.82) is 0 Å². The minimum atomic E-state index is 0.0885. The van der Waals surface area contributed by atoms with Crippen molar-refractivity contribution in [2.45, 2.75) is 73.1 Å². The number of unbranched alkanes of at least 4 members (excludes halogenated alkanes) is 5. The second kappa shape index (κ2) is 17.6. The molecule has 12 nitrogen and oxygen atoms in total. The Bertz CT molecular complexity index is 1110. The van der Waals surface area contributed by atoms with Crippen LogP contribution in [0.1, 0.15) is 68.2 Å². The molecule has 0 fully saturated rings. The summed E-state index contributed by atoms with van der Waals surface area (Å²) in [5, 5.41) is 27.7. The number of aryl methyl sites for hydroxylation is 4. The van der Waals surface area contributed by atoms with Crippen LogP contribution >= 0.6 is 0 Å². The highest BCUT2D eigenvalue weighted by molar-refractivity contribution is 5.38. The summed E-state index contributed by atoms with van der Waals surface area (Å²) in [7, 11) is 7.41. The number of hydrogen-bond donors (Lipinski definition) is 3. The van der Waals surface area contributed by atoms with Crippen LogP contribution in [0.3, 0.4) is 0 Å². The van der Waals surface area contributed by atoms with E-state index >= 15 is 0 Å². The molecule has 0 atom stereocenters. The number of nitrogens with zero attached hydrogens (tertiary/aromatic N) is 8. The summed E-state index contributed by atoms with van der Waals surface area (Å²) in [5.74, 6) is 1.65. The molecule has 3 heterocycles. The molecule has 0 unspecified atom stereocenters. The second-order valence-electron chi connectivity index (χ2n) is 9.71. The molecule has 0 aliphatic rings. The standard InChI is InChI=1S/C14H24N2O2.C8H13N3O.C6H9N3O/c1-4-5-6-7-8-9-10-18-14-15-11(2)13(17)12(3)16-14;1-5-7(12)6(2)10-8(9-5)11(3)4;1-9(2)6-7-3-5(10)4-8-6/h17H,4-10H2,1-3H3;12H,1-4H3;3-4,10H,1-2H3. The van der Waals surface area contributed by atoms with Gasteiger partial charge in [0.05, 0.1) is 41.8 Å². The van der Waals surface area contributed by atoms with E-state index in [-0.39, 0.29) is 17.2 Å². The van der Waals surface area contributed by atoms with E-state index in [2.05, 4.69) is 36.8 Å². The van der Waals surface area contributed by atoms with E-state index in [9.17, 15) is 10.2 Å². The van der Waals surface area contributed by atoms with Gasteiger partial charge >= 0.3 is 6.01 Å². The molecule has 0 saturated heterocycles. The topological polar surface area (TPSA) is 154 Å². The van der Waals surface area contributed by atoms with Gasteiger partial charge in [-0.1, -0.05) is 39.0 Å². The van der Waals surface area contributed by atoms with Gasteiger partial charge in [0, 0.05) is 28.2 Å². The van der Waals surface area contributed by atoms with Crippen LogP contribution in [0.2, 0.25) is 0 Å². The molecule has 0 bridgehead atoms. The minimum Gasteiger partial charge on any atom is -0.505 e. The van der Waals surface area contributed by atoms with Gasteiger partial charge in [0.15, 0.2) is 17.2 Å². The van der Waals surface area contributed by atoms with E-state index in [1.807, 2.05) is 28.2 Å². The van der Waals surface area contributed by atoms with Crippen LogP contribution in [-0.4, -0.2) is 80.0 Å². The molecule has 3 N–H and O–H groups in total. The predicted molar refractivity (Wildman–Crippen MR) is 158 cm³/mol. The van der Waals surface area contributed by atoms with Gasteiger partial charge in [-0.25, -0.2) is 19.9 Å². The molecule has 0 aliphatic carbocycles. The molecule has 0 saturated carbocycles. The average molecular weight is 559 g/mol. The molecule has 0 aliphatic heterocycles. The zero-order valence-corrected chi connectivity index (χ0v) is 25.4. The van der Waals surface area contributed by atoms with E-state index in [1.54, 1.807) is 37.5 Å². The fourth-order valence-electron chi connectivity index (χ4n) is 3.23. The lowest BCUT2D eigenvalue weighted by Crippen LogP contribution is -2.13. The Morgan fingerprint density at radius 3 is 1.50 bits per heavy atom. The normalized spacial score (nSPS) is 10.1. The molecule has 40 heavy (non-hydrogen) atoms. The third-order valence-electron chi connectivity index (χ3n) is 5.59. The van der Waals surface area contributed by atoms with Gasteiger partial charge in [-0.2, -0.15) is 9.97 Å². The van der Waals surface area contributed by atoms with Gasteiger partial charge in [0.25, 0.3) is 0 Å². The highest BCUT2D eigenvalue weighted by Crippen LogP contribution is 2.20. The smallest absolute Gasteiger partial charge is 0.317 e. The minimum absolute atomic E-state index is 0.0885. The monoisotopic (exact) mass is 558 g/mol. The zero-order chi connectivity index (χ0) is 30.2. The molecule has 222 valence electrons. The number of ether oxygens (including phenoxy) is 1. The van der Waals surface area contributed by atoms with Gasteiger partial charge in [-0.05, 0) is 34.1 Å². The molecule has 0 spiro atoms. The highest BCUT2D eigenvalue weighted by atomic mass is 16.5. The summed E-state index contributed by atoms with van der Waals surface area (Å²) >= 11 is 0. The molecule has 0 aromatic carbocycles. The Kier molecular flexibility index (Phi) is 15.0. The van der Waals surface area contributed by atoms with Crippen LogP contribution < -0.4 is 14.5 Å². The van der Waals surface area contributed by atoms with E-state index < -0.39 is 0 Å². The third-order valence-corrected chi connectivity index (χ3v) is 5.59. The Morgan fingerprint density at radius 1 is 0.625 bits per heavy atom. The number of hydrogen-bond acceptors (Lipinski definition) is 12. The molecule has 0 amide bonds. The van der Waals surface area contributed by atoms with Crippen LogP contribution in [0, 0.1) is 27.7 Å². The molecule has 3 aromatic rings. The molecular formula is C28H46N8O4. The first kappa shape index (κ1) is 34.1. The number of rotatable bonds is 10. The fraction of sp³-hybridized carbons (Fsp3) is 0.571. The average Bonchev–Trinajstić information content (AvgIpc) is 2.90. The van der Waals surface area contributed by atoms with Gasteiger partial charge in [0.2, 0.25) is 11.9 Å². The van der Waals surface area contributed by atoms with Crippen LogP contribution in [0.25, 0.3) is 0 Å². The largest absolute Gasteiger partial charge is 0.505 e. The third kappa shape index (κ3) is 12.3. The Balaban J connectivity index is 0.000000316.